The molecule has 9 nitrogen and oxygen atoms in total. The van der Waals surface area contributed by atoms with E-state index in [0.29, 0.717) is 22.8 Å². The van der Waals surface area contributed by atoms with Crippen molar-refractivity contribution in [2.24, 2.45) is 5.10 Å². The van der Waals surface area contributed by atoms with Crippen molar-refractivity contribution in [2.75, 3.05) is 6.61 Å². The molecule has 0 spiro atoms. The first-order chi connectivity index (χ1) is 14.3. The van der Waals surface area contributed by atoms with Crippen molar-refractivity contribution in [2.45, 2.75) is 6.92 Å². The molecular weight excluding hydrogens is 430 g/mol. The fraction of sp³-hybridized carbons (Fsp3) is 0.105. The highest BCUT2D eigenvalue weighted by atomic mass is 32.2. The molecule has 1 heterocycles. The predicted molar refractivity (Wildman–Crippen MR) is 117 cm³/mol. The molecule has 1 aliphatic heterocycles. The number of hydrazone groups is 1. The third-order valence-corrected chi connectivity index (χ3v) is 5.17. The number of carbonyl (C=O) groups is 1. The van der Waals surface area contributed by atoms with E-state index in [-0.39, 0.29) is 27.1 Å². The molecule has 11 heteroatoms. The van der Waals surface area contributed by atoms with Gasteiger partial charge in [0.05, 0.1) is 22.6 Å². The summed E-state index contributed by atoms with van der Waals surface area (Å²) in [5, 5.41) is 35.5. The highest BCUT2D eigenvalue weighted by molar-refractivity contribution is 8.26. The van der Waals surface area contributed by atoms with Crippen molar-refractivity contribution in [3.8, 4) is 17.2 Å². The Kier molecular flexibility index (Phi) is 6.33. The SMILES string of the molecule is CCOc1cc(/C=C2\SC(=S)N(/N=C\c3cc([N+](=O)[O-])ccc3O)C2=O)ccc1O. The van der Waals surface area contributed by atoms with Gasteiger partial charge >= 0.3 is 0 Å². The molecule has 0 atom stereocenters. The van der Waals surface area contributed by atoms with Crippen LogP contribution in [-0.4, -0.2) is 43.2 Å². The number of nitro groups is 1. The first-order valence-corrected chi connectivity index (χ1v) is 9.77. The summed E-state index contributed by atoms with van der Waals surface area (Å²) >= 11 is 6.22. The molecule has 0 aliphatic carbocycles. The van der Waals surface area contributed by atoms with Gasteiger partial charge in [0.25, 0.3) is 11.6 Å². The van der Waals surface area contributed by atoms with E-state index in [1.165, 1.54) is 12.1 Å². The van der Waals surface area contributed by atoms with Crippen LogP contribution in [0.15, 0.2) is 46.4 Å². The zero-order valence-corrected chi connectivity index (χ0v) is 17.1. The zero-order valence-electron chi connectivity index (χ0n) is 15.5. The van der Waals surface area contributed by atoms with Gasteiger partial charge < -0.3 is 14.9 Å². The predicted octanol–water partition coefficient (Wildman–Crippen LogP) is 3.64. The number of amides is 1. The van der Waals surface area contributed by atoms with E-state index < -0.39 is 10.8 Å². The Morgan fingerprint density at radius 2 is 2.00 bits per heavy atom. The molecule has 154 valence electrons. The van der Waals surface area contributed by atoms with E-state index in [4.69, 9.17) is 17.0 Å². The van der Waals surface area contributed by atoms with Crippen LogP contribution in [0.1, 0.15) is 18.1 Å². The normalized spacial score (nSPS) is 15.4. The quantitative estimate of drug-likeness (QED) is 0.227. The van der Waals surface area contributed by atoms with Gasteiger partial charge in [0.2, 0.25) is 0 Å². The molecule has 1 amide bonds. The fourth-order valence-corrected chi connectivity index (χ4v) is 3.65. The summed E-state index contributed by atoms with van der Waals surface area (Å²) in [5.41, 5.74) is 0.469. The molecule has 0 unspecified atom stereocenters. The third kappa shape index (κ3) is 4.58. The van der Waals surface area contributed by atoms with Gasteiger partial charge in [-0.1, -0.05) is 17.8 Å². The van der Waals surface area contributed by atoms with E-state index >= 15 is 0 Å². The van der Waals surface area contributed by atoms with E-state index in [0.717, 1.165) is 35.1 Å². The number of non-ortho nitro benzene ring substituents is 1. The number of phenolic OH excluding ortho intramolecular Hbond substituents is 2. The summed E-state index contributed by atoms with van der Waals surface area (Å²) in [5.74, 6) is -0.432. The summed E-state index contributed by atoms with van der Waals surface area (Å²) < 4.78 is 5.50. The van der Waals surface area contributed by atoms with Crippen LogP contribution in [0.2, 0.25) is 0 Å². The lowest BCUT2D eigenvalue weighted by molar-refractivity contribution is -0.384. The molecule has 30 heavy (non-hydrogen) atoms. The lowest BCUT2D eigenvalue weighted by Gasteiger charge is -2.07. The monoisotopic (exact) mass is 445 g/mol. The van der Waals surface area contributed by atoms with Crippen LogP contribution >= 0.6 is 24.0 Å². The zero-order chi connectivity index (χ0) is 21.8. The Labute approximate surface area is 180 Å². The Bertz CT molecular complexity index is 1100. The van der Waals surface area contributed by atoms with Gasteiger partial charge in [-0.3, -0.25) is 14.9 Å². The molecule has 0 radical (unpaired) electrons. The van der Waals surface area contributed by atoms with Gasteiger partial charge in [0.15, 0.2) is 15.8 Å². The largest absolute Gasteiger partial charge is 0.507 e. The summed E-state index contributed by atoms with van der Waals surface area (Å²) in [7, 11) is 0. The Hall–Kier alpha value is -3.44. The fourth-order valence-electron chi connectivity index (χ4n) is 2.48. The number of benzene rings is 2. The number of nitro benzene ring substituents is 1. The van der Waals surface area contributed by atoms with Crippen molar-refractivity contribution in [1.29, 1.82) is 0 Å². The van der Waals surface area contributed by atoms with Crippen molar-refractivity contribution in [1.82, 2.24) is 5.01 Å². The third-order valence-electron chi connectivity index (χ3n) is 3.89. The maximum absolute atomic E-state index is 12.7. The number of thiocarbonyl (C=S) groups is 1. The topological polar surface area (TPSA) is 126 Å². The van der Waals surface area contributed by atoms with Crippen molar-refractivity contribution in [3.05, 3.63) is 62.5 Å². The number of phenols is 2. The summed E-state index contributed by atoms with van der Waals surface area (Å²) in [6, 6.07) is 8.14. The van der Waals surface area contributed by atoms with Gasteiger partial charge in [-0.25, -0.2) is 0 Å². The average Bonchev–Trinajstić information content (AvgIpc) is 2.96. The highest BCUT2D eigenvalue weighted by Gasteiger charge is 2.32. The molecule has 0 saturated carbocycles. The van der Waals surface area contributed by atoms with Gasteiger partial charge in [-0.15, -0.1) is 0 Å². The standard InChI is InChI=1S/C19H15N3O6S2/c1-2-28-16-7-11(3-5-15(16)24)8-17-18(25)21(19(29)30-17)20-10-12-9-13(22(26)27)4-6-14(12)23/h3-10,23-24H,2H2,1H3/b17-8-,20-10-. The molecule has 0 aromatic heterocycles. The minimum atomic E-state index is -0.604. The maximum Gasteiger partial charge on any atom is 0.286 e. The summed E-state index contributed by atoms with van der Waals surface area (Å²) in [6.45, 7) is 2.16. The second-order valence-electron chi connectivity index (χ2n) is 5.90. The van der Waals surface area contributed by atoms with E-state index in [1.54, 1.807) is 25.1 Å². The Morgan fingerprint density at radius 1 is 1.27 bits per heavy atom. The van der Waals surface area contributed by atoms with Crippen molar-refractivity contribution < 1.29 is 24.7 Å². The number of carbonyl (C=O) groups excluding carboxylic acids is 1. The maximum atomic E-state index is 12.7. The number of thioether (sulfide) groups is 1. The van der Waals surface area contributed by atoms with Crippen LogP contribution in [0.3, 0.4) is 0 Å². The number of ether oxygens (including phenoxy) is 1. The summed E-state index contributed by atoms with van der Waals surface area (Å²) in [4.78, 5) is 23.2. The first kappa shape index (κ1) is 21.3. The lowest BCUT2D eigenvalue weighted by atomic mass is 10.2. The number of hydrogen-bond donors (Lipinski definition) is 2. The minimum absolute atomic E-state index is 0.0112. The number of aromatic hydroxyl groups is 2. The molecule has 3 rings (SSSR count). The Balaban J connectivity index is 1.84. The highest BCUT2D eigenvalue weighted by Crippen LogP contribution is 2.35. The molecule has 2 N–H and O–H groups in total. The summed E-state index contributed by atoms with van der Waals surface area (Å²) in [6.07, 6.45) is 2.71. The van der Waals surface area contributed by atoms with Gasteiger partial charge in [-0.2, -0.15) is 10.1 Å². The smallest absolute Gasteiger partial charge is 0.286 e. The molecule has 1 saturated heterocycles. The molecule has 0 bridgehead atoms. The van der Waals surface area contributed by atoms with Crippen LogP contribution in [0.5, 0.6) is 17.2 Å². The van der Waals surface area contributed by atoms with E-state index in [2.05, 4.69) is 5.10 Å². The van der Waals surface area contributed by atoms with Gasteiger partial charge in [0.1, 0.15) is 5.75 Å². The Morgan fingerprint density at radius 3 is 2.70 bits per heavy atom. The number of hydrogen-bond acceptors (Lipinski definition) is 9. The van der Waals surface area contributed by atoms with Gasteiger partial charge in [0, 0.05) is 17.7 Å². The molecular formula is C19H15N3O6S2. The van der Waals surface area contributed by atoms with E-state index in [1.807, 2.05) is 0 Å². The van der Waals surface area contributed by atoms with Crippen LogP contribution in [0.25, 0.3) is 6.08 Å². The van der Waals surface area contributed by atoms with Crippen LogP contribution in [-0.2, 0) is 4.79 Å². The molecule has 1 aliphatic rings. The van der Waals surface area contributed by atoms with Crippen LogP contribution in [0, 0.1) is 10.1 Å². The average molecular weight is 445 g/mol. The molecule has 1 fully saturated rings. The van der Waals surface area contributed by atoms with Crippen molar-refractivity contribution in [3.63, 3.8) is 0 Å². The second-order valence-corrected chi connectivity index (χ2v) is 7.57. The second kappa shape index (κ2) is 8.93. The number of rotatable bonds is 6. The first-order valence-electron chi connectivity index (χ1n) is 8.55. The lowest BCUT2D eigenvalue weighted by Crippen LogP contribution is -2.22. The van der Waals surface area contributed by atoms with Crippen molar-refractivity contribution >= 4 is 52.2 Å². The van der Waals surface area contributed by atoms with E-state index in [9.17, 15) is 25.1 Å². The van der Waals surface area contributed by atoms with Gasteiger partial charge in [-0.05, 0) is 49.0 Å². The molecule has 2 aromatic rings. The molecule has 2 aromatic carbocycles. The minimum Gasteiger partial charge on any atom is -0.507 e. The number of nitrogens with zero attached hydrogens (tertiary/aromatic N) is 3. The van der Waals surface area contributed by atoms with Crippen LogP contribution in [0.4, 0.5) is 5.69 Å². The van der Waals surface area contributed by atoms with Crippen LogP contribution < -0.4 is 4.74 Å².